The highest BCUT2D eigenvalue weighted by Gasteiger charge is 2.12. The normalized spacial score (nSPS) is 10.9. The quantitative estimate of drug-likeness (QED) is 0.755. The molecule has 0 radical (unpaired) electrons. The summed E-state index contributed by atoms with van der Waals surface area (Å²) in [4.78, 5) is 0. The third-order valence-corrected chi connectivity index (χ3v) is 4.08. The number of hydrogen-bond donors (Lipinski definition) is 1. The van der Waals surface area contributed by atoms with Gasteiger partial charge in [0.25, 0.3) is 0 Å². The molecule has 1 heterocycles. The smallest absolute Gasteiger partial charge is 0.161 e. The average molecular weight is 310 g/mol. The van der Waals surface area contributed by atoms with Gasteiger partial charge in [-0.05, 0) is 24.6 Å². The molecule has 2 aromatic carbocycles. The maximum Gasteiger partial charge on any atom is 0.161 e. The van der Waals surface area contributed by atoms with Crippen molar-refractivity contribution in [1.82, 2.24) is 4.57 Å². The standard InChI is InChI=1S/C19H22N2O2/c1-3-21-12-15(16-8-6-7-14(11-20)19(16)21)13-23-18-10-5-4-9-17(18)22-2/h4-10,12H,3,11,13,20H2,1-2H3. The molecule has 0 bridgehead atoms. The second kappa shape index (κ2) is 6.75. The Kier molecular flexibility index (Phi) is 4.53. The molecule has 2 N–H and O–H groups in total. The number of fused-ring (bicyclic) bond motifs is 1. The Morgan fingerprint density at radius 1 is 1.00 bits per heavy atom. The monoisotopic (exact) mass is 310 g/mol. The van der Waals surface area contributed by atoms with Gasteiger partial charge in [-0.3, -0.25) is 0 Å². The summed E-state index contributed by atoms with van der Waals surface area (Å²) in [5.41, 5.74) is 9.41. The van der Waals surface area contributed by atoms with Gasteiger partial charge >= 0.3 is 0 Å². The molecule has 23 heavy (non-hydrogen) atoms. The molecule has 0 aliphatic heterocycles. The number of aryl methyl sites for hydroxylation is 1. The molecule has 0 spiro atoms. The molecule has 4 nitrogen and oxygen atoms in total. The van der Waals surface area contributed by atoms with Crippen molar-refractivity contribution >= 4 is 10.9 Å². The van der Waals surface area contributed by atoms with Gasteiger partial charge in [0.1, 0.15) is 6.61 Å². The number of rotatable bonds is 6. The topological polar surface area (TPSA) is 49.4 Å². The SMILES string of the molecule is CCn1cc(COc2ccccc2OC)c2cccc(CN)c21. The predicted octanol–water partition coefficient (Wildman–Crippen LogP) is 3.71. The fraction of sp³-hybridized carbons (Fsp3) is 0.263. The van der Waals surface area contributed by atoms with Gasteiger partial charge in [0, 0.05) is 30.2 Å². The van der Waals surface area contributed by atoms with Crippen molar-refractivity contribution in [2.24, 2.45) is 5.73 Å². The minimum absolute atomic E-state index is 0.498. The van der Waals surface area contributed by atoms with Crippen molar-refractivity contribution in [3.05, 3.63) is 59.8 Å². The number of nitrogens with two attached hydrogens (primary N) is 1. The highest BCUT2D eigenvalue weighted by atomic mass is 16.5. The van der Waals surface area contributed by atoms with Crippen LogP contribution in [0.25, 0.3) is 10.9 Å². The molecule has 3 aromatic rings. The summed E-state index contributed by atoms with van der Waals surface area (Å²) in [5, 5.41) is 1.20. The molecule has 0 saturated heterocycles. The third kappa shape index (κ3) is 2.90. The van der Waals surface area contributed by atoms with E-state index in [1.807, 2.05) is 24.3 Å². The van der Waals surface area contributed by atoms with Crippen molar-refractivity contribution < 1.29 is 9.47 Å². The van der Waals surface area contributed by atoms with Crippen LogP contribution < -0.4 is 15.2 Å². The van der Waals surface area contributed by atoms with E-state index in [4.69, 9.17) is 15.2 Å². The maximum atomic E-state index is 5.98. The van der Waals surface area contributed by atoms with Gasteiger partial charge in [-0.1, -0.05) is 30.3 Å². The van der Waals surface area contributed by atoms with Crippen molar-refractivity contribution in [2.45, 2.75) is 26.6 Å². The van der Waals surface area contributed by atoms with Crippen LogP contribution in [0, 0.1) is 0 Å². The minimum atomic E-state index is 0.498. The molecule has 0 fully saturated rings. The van der Waals surface area contributed by atoms with E-state index in [1.165, 1.54) is 10.9 Å². The van der Waals surface area contributed by atoms with Crippen LogP contribution in [0.2, 0.25) is 0 Å². The number of benzene rings is 2. The first-order valence-electron chi connectivity index (χ1n) is 7.84. The van der Waals surface area contributed by atoms with Crippen LogP contribution in [0.1, 0.15) is 18.1 Å². The van der Waals surface area contributed by atoms with Crippen LogP contribution in [-0.4, -0.2) is 11.7 Å². The van der Waals surface area contributed by atoms with Crippen molar-refractivity contribution in [3.8, 4) is 11.5 Å². The van der Waals surface area contributed by atoms with E-state index in [-0.39, 0.29) is 0 Å². The number of methoxy groups -OCH3 is 1. The van der Waals surface area contributed by atoms with Gasteiger partial charge in [0.2, 0.25) is 0 Å². The van der Waals surface area contributed by atoms with Crippen LogP contribution in [-0.2, 0) is 19.7 Å². The van der Waals surface area contributed by atoms with Crippen LogP contribution in [0.4, 0.5) is 0 Å². The average Bonchev–Trinajstić information content (AvgIpc) is 2.98. The van der Waals surface area contributed by atoms with Crippen molar-refractivity contribution in [1.29, 1.82) is 0 Å². The second-order valence-corrected chi connectivity index (χ2v) is 5.40. The Hall–Kier alpha value is -2.46. The second-order valence-electron chi connectivity index (χ2n) is 5.40. The zero-order chi connectivity index (χ0) is 16.2. The summed E-state index contributed by atoms with van der Waals surface area (Å²) in [7, 11) is 1.65. The zero-order valence-corrected chi connectivity index (χ0v) is 13.6. The van der Waals surface area contributed by atoms with Crippen LogP contribution >= 0.6 is 0 Å². The fourth-order valence-corrected chi connectivity index (χ4v) is 2.93. The highest BCUT2D eigenvalue weighted by molar-refractivity contribution is 5.86. The van der Waals surface area contributed by atoms with Gasteiger partial charge in [-0.25, -0.2) is 0 Å². The first kappa shape index (κ1) is 15.4. The summed E-state index contributed by atoms with van der Waals surface area (Å²) in [6, 6.07) is 14.0. The Labute approximate surface area is 136 Å². The molecule has 0 unspecified atom stereocenters. The Morgan fingerprint density at radius 3 is 2.48 bits per heavy atom. The van der Waals surface area contributed by atoms with Crippen molar-refractivity contribution in [3.63, 3.8) is 0 Å². The molecule has 4 heteroatoms. The first-order chi connectivity index (χ1) is 11.3. The number of para-hydroxylation sites is 3. The molecule has 0 saturated carbocycles. The molecule has 1 aromatic heterocycles. The van der Waals surface area contributed by atoms with Crippen LogP contribution in [0.15, 0.2) is 48.7 Å². The van der Waals surface area contributed by atoms with Crippen LogP contribution in [0.5, 0.6) is 11.5 Å². The minimum Gasteiger partial charge on any atom is -0.493 e. The molecule has 0 atom stereocenters. The summed E-state index contributed by atoms with van der Waals surface area (Å²) < 4.78 is 13.6. The van der Waals surface area contributed by atoms with E-state index in [0.29, 0.717) is 13.2 Å². The van der Waals surface area contributed by atoms with Gasteiger partial charge in [-0.15, -0.1) is 0 Å². The first-order valence-corrected chi connectivity index (χ1v) is 7.84. The van der Waals surface area contributed by atoms with Crippen LogP contribution in [0.3, 0.4) is 0 Å². The summed E-state index contributed by atoms with van der Waals surface area (Å²) in [6.45, 7) is 4.08. The summed E-state index contributed by atoms with van der Waals surface area (Å²) >= 11 is 0. The Morgan fingerprint density at radius 2 is 1.78 bits per heavy atom. The van der Waals surface area contributed by atoms with E-state index >= 15 is 0 Å². The molecular formula is C19H22N2O2. The lowest BCUT2D eigenvalue weighted by Crippen LogP contribution is -2.00. The van der Waals surface area contributed by atoms with E-state index in [9.17, 15) is 0 Å². The largest absolute Gasteiger partial charge is 0.493 e. The molecule has 0 aliphatic rings. The lowest BCUT2D eigenvalue weighted by molar-refractivity contribution is 0.285. The third-order valence-electron chi connectivity index (χ3n) is 4.08. The molecular weight excluding hydrogens is 288 g/mol. The molecule has 0 amide bonds. The maximum absolute atomic E-state index is 5.98. The van der Waals surface area contributed by atoms with Gasteiger partial charge in [0.15, 0.2) is 11.5 Å². The van der Waals surface area contributed by atoms with Gasteiger partial charge in [0.05, 0.1) is 12.6 Å². The predicted molar refractivity (Wildman–Crippen MR) is 92.8 cm³/mol. The van der Waals surface area contributed by atoms with Gasteiger partial charge in [-0.2, -0.15) is 0 Å². The number of ether oxygens (including phenoxy) is 2. The summed E-state index contributed by atoms with van der Waals surface area (Å²) in [5.74, 6) is 1.50. The molecule has 0 aliphatic carbocycles. The van der Waals surface area contributed by atoms with E-state index < -0.39 is 0 Å². The van der Waals surface area contributed by atoms with E-state index in [2.05, 4.69) is 35.9 Å². The zero-order valence-electron chi connectivity index (χ0n) is 13.6. The highest BCUT2D eigenvalue weighted by Crippen LogP contribution is 2.29. The van der Waals surface area contributed by atoms with E-state index in [0.717, 1.165) is 29.2 Å². The lowest BCUT2D eigenvalue weighted by atomic mass is 10.1. The number of aromatic nitrogens is 1. The Bertz CT molecular complexity index is 808. The molecule has 120 valence electrons. The number of nitrogens with zero attached hydrogens (tertiary/aromatic N) is 1. The fourth-order valence-electron chi connectivity index (χ4n) is 2.93. The molecule has 3 rings (SSSR count). The lowest BCUT2D eigenvalue weighted by Gasteiger charge is -2.09. The Balaban J connectivity index is 1.94. The summed E-state index contributed by atoms with van der Waals surface area (Å²) in [6.07, 6.45) is 2.15. The number of hydrogen-bond acceptors (Lipinski definition) is 3. The van der Waals surface area contributed by atoms with E-state index in [1.54, 1.807) is 7.11 Å². The van der Waals surface area contributed by atoms with Gasteiger partial charge < -0.3 is 19.8 Å². The van der Waals surface area contributed by atoms with Crippen molar-refractivity contribution in [2.75, 3.05) is 7.11 Å².